The summed E-state index contributed by atoms with van der Waals surface area (Å²) in [6.07, 6.45) is 0. The molecule has 1 aromatic carbocycles. The number of hydrogen-bond acceptors (Lipinski definition) is 3. The molecule has 0 atom stereocenters. The zero-order chi connectivity index (χ0) is 11.4. The number of methoxy groups -OCH3 is 2. The van der Waals surface area contributed by atoms with Gasteiger partial charge >= 0.3 is 7.48 Å². The fourth-order valence-electron chi connectivity index (χ4n) is 1.50. The van der Waals surface area contributed by atoms with Gasteiger partial charge in [-0.15, -0.1) is 0 Å². The van der Waals surface area contributed by atoms with Crippen LogP contribution in [0.3, 0.4) is 0 Å². The molecular weight excluding hydrogens is 191 g/mol. The summed E-state index contributed by atoms with van der Waals surface area (Å²) in [5.74, 6) is 1.73. The van der Waals surface area contributed by atoms with Crippen LogP contribution in [-0.4, -0.2) is 26.7 Å². The highest BCUT2D eigenvalue weighted by Crippen LogP contribution is 2.28. The molecule has 0 saturated carbocycles. The minimum absolute atomic E-state index is 0.338. The monoisotopic (exact) mass is 207 g/mol. The fraction of sp³-hybridized carbons (Fsp3) is 0.455. The summed E-state index contributed by atoms with van der Waals surface area (Å²) < 4.78 is 10.4. The fourth-order valence-corrected chi connectivity index (χ4v) is 1.50. The molecule has 0 amide bonds. The van der Waals surface area contributed by atoms with Crippen LogP contribution in [0.4, 0.5) is 0 Å². The summed E-state index contributed by atoms with van der Waals surface area (Å²) in [5.41, 5.74) is 1.72. The average molecular weight is 207 g/mol. The summed E-state index contributed by atoms with van der Waals surface area (Å²) in [4.78, 5) is 0. The molecule has 1 aromatic rings. The molecule has 0 saturated heterocycles. The third-order valence-electron chi connectivity index (χ3n) is 2.34. The molecule has 1 N–H and O–H groups in total. The lowest BCUT2D eigenvalue weighted by Crippen LogP contribution is -2.18. The minimum Gasteiger partial charge on any atom is -0.497 e. The van der Waals surface area contributed by atoms with Gasteiger partial charge in [0.05, 0.1) is 14.2 Å². The molecule has 15 heavy (non-hydrogen) atoms. The van der Waals surface area contributed by atoms with Crippen LogP contribution in [0.25, 0.3) is 0 Å². The van der Waals surface area contributed by atoms with Crippen LogP contribution in [0, 0.1) is 0 Å². The van der Waals surface area contributed by atoms with E-state index in [4.69, 9.17) is 14.5 Å². The van der Waals surface area contributed by atoms with E-state index in [1.54, 1.807) is 20.3 Å². The summed E-state index contributed by atoms with van der Waals surface area (Å²) >= 11 is 0. The van der Waals surface area contributed by atoms with E-state index < -0.39 is 0 Å². The van der Waals surface area contributed by atoms with Gasteiger partial charge in [0.15, 0.2) is 0 Å². The first-order valence-electron chi connectivity index (χ1n) is 4.87. The quantitative estimate of drug-likeness (QED) is 0.750. The van der Waals surface area contributed by atoms with E-state index >= 15 is 0 Å². The number of hydrogen-bond donors (Lipinski definition) is 1. The van der Waals surface area contributed by atoms with Gasteiger partial charge in [-0.2, -0.15) is 0 Å². The Kier molecular flexibility index (Phi) is 4.03. The Morgan fingerprint density at radius 3 is 2.13 bits per heavy atom. The molecular formula is C11H16BO3. The highest BCUT2D eigenvalue weighted by molar-refractivity contribution is 6.47. The van der Waals surface area contributed by atoms with Gasteiger partial charge < -0.3 is 14.5 Å². The maximum Gasteiger partial charge on any atom is 0.330 e. The molecule has 0 aliphatic heterocycles. The van der Waals surface area contributed by atoms with Crippen LogP contribution in [-0.2, 0) is 0 Å². The molecule has 0 unspecified atom stereocenters. The van der Waals surface area contributed by atoms with Crippen LogP contribution in [0.5, 0.6) is 11.5 Å². The molecule has 4 heteroatoms. The van der Waals surface area contributed by atoms with Crippen molar-refractivity contribution in [1.29, 1.82) is 0 Å². The van der Waals surface area contributed by atoms with Crippen LogP contribution in [0.15, 0.2) is 12.1 Å². The second-order valence-electron chi connectivity index (χ2n) is 3.62. The lowest BCUT2D eigenvalue weighted by Gasteiger charge is -2.15. The first-order valence-corrected chi connectivity index (χ1v) is 4.87. The number of rotatable bonds is 4. The van der Waals surface area contributed by atoms with E-state index in [-0.39, 0.29) is 0 Å². The normalized spacial score (nSPS) is 10.3. The second kappa shape index (κ2) is 5.07. The Balaban J connectivity index is 3.27. The molecule has 0 aliphatic carbocycles. The zero-order valence-corrected chi connectivity index (χ0v) is 9.57. The van der Waals surface area contributed by atoms with Crippen molar-refractivity contribution in [3.05, 3.63) is 17.7 Å². The molecule has 0 heterocycles. The third kappa shape index (κ3) is 2.45. The molecule has 0 aliphatic rings. The van der Waals surface area contributed by atoms with E-state index in [1.807, 2.05) is 6.07 Å². The number of benzene rings is 1. The summed E-state index contributed by atoms with van der Waals surface area (Å²) in [5, 5.41) is 9.07. The van der Waals surface area contributed by atoms with Gasteiger partial charge in [0.1, 0.15) is 11.5 Å². The van der Waals surface area contributed by atoms with Crippen molar-refractivity contribution in [3.63, 3.8) is 0 Å². The van der Waals surface area contributed by atoms with Gasteiger partial charge in [-0.1, -0.05) is 19.9 Å². The predicted octanol–water partition coefficient (Wildman–Crippen LogP) is 1.06. The van der Waals surface area contributed by atoms with Crippen molar-refractivity contribution < 1.29 is 14.5 Å². The van der Waals surface area contributed by atoms with Crippen molar-refractivity contribution >= 4 is 12.9 Å². The van der Waals surface area contributed by atoms with Gasteiger partial charge in [0.2, 0.25) is 0 Å². The first kappa shape index (κ1) is 11.9. The van der Waals surface area contributed by atoms with E-state index in [1.165, 1.54) is 0 Å². The summed E-state index contributed by atoms with van der Waals surface area (Å²) in [7, 11) is 4.24. The molecule has 0 fully saturated rings. The molecule has 1 radical (unpaired) electrons. The third-order valence-corrected chi connectivity index (χ3v) is 2.34. The Morgan fingerprint density at radius 2 is 1.73 bits per heavy atom. The van der Waals surface area contributed by atoms with Gasteiger partial charge in [0.25, 0.3) is 0 Å². The largest absolute Gasteiger partial charge is 0.497 e. The average Bonchev–Trinajstić information content (AvgIpc) is 2.26. The predicted molar refractivity (Wildman–Crippen MR) is 61.2 cm³/mol. The van der Waals surface area contributed by atoms with Crippen molar-refractivity contribution in [2.24, 2.45) is 0 Å². The lowest BCUT2D eigenvalue weighted by atomic mass is 9.84. The van der Waals surface area contributed by atoms with Gasteiger partial charge in [-0.3, -0.25) is 0 Å². The van der Waals surface area contributed by atoms with E-state index in [9.17, 15) is 0 Å². The topological polar surface area (TPSA) is 38.7 Å². The van der Waals surface area contributed by atoms with Crippen LogP contribution < -0.4 is 14.9 Å². The smallest absolute Gasteiger partial charge is 0.330 e. The maximum atomic E-state index is 9.07. The molecule has 0 bridgehead atoms. The van der Waals surface area contributed by atoms with Gasteiger partial charge in [-0.05, 0) is 16.9 Å². The van der Waals surface area contributed by atoms with E-state index in [0.717, 1.165) is 18.8 Å². The second-order valence-corrected chi connectivity index (χ2v) is 3.62. The van der Waals surface area contributed by atoms with E-state index in [2.05, 4.69) is 13.8 Å². The van der Waals surface area contributed by atoms with Crippen molar-refractivity contribution in [1.82, 2.24) is 0 Å². The Bertz CT molecular complexity index is 337. The molecule has 0 spiro atoms. The van der Waals surface area contributed by atoms with Gasteiger partial charge in [0, 0.05) is 6.07 Å². The van der Waals surface area contributed by atoms with Crippen LogP contribution in [0.2, 0.25) is 0 Å². The Labute approximate surface area is 91.3 Å². The highest BCUT2D eigenvalue weighted by Gasteiger charge is 2.13. The van der Waals surface area contributed by atoms with Crippen LogP contribution >= 0.6 is 0 Å². The Hall–Kier alpha value is -1.16. The minimum atomic E-state index is 0.338. The summed E-state index contributed by atoms with van der Waals surface area (Å²) in [6, 6.07) is 3.67. The first-order chi connectivity index (χ1) is 7.13. The zero-order valence-electron chi connectivity index (χ0n) is 9.57. The van der Waals surface area contributed by atoms with Crippen molar-refractivity contribution in [2.75, 3.05) is 14.2 Å². The SMILES string of the molecule is COc1cc(OC)c(C(C)C)cc1[B]O. The molecule has 81 valence electrons. The number of ether oxygens (including phenoxy) is 2. The molecule has 3 nitrogen and oxygen atoms in total. The van der Waals surface area contributed by atoms with Crippen molar-refractivity contribution in [3.8, 4) is 11.5 Å². The Morgan fingerprint density at radius 1 is 1.13 bits per heavy atom. The van der Waals surface area contributed by atoms with Crippen LogP contribution in [0.1, 0.15) is 25.3 Å². The highest BCUT2D eigenvalue weighted by atomic mass is 16.5. The lowest BCUT2D eigenvalue weighted by molar-refractivity contribution is 0.391. The molecule has 0 aromatic heterocycles. The summed E-state index contributed by atoms with van der Waals surface area (Å²) in [6.45, 7) is 4.15. The molecule has 1 rings (SSSR count). The standard InChI is InChI=1S/C11H16BO3/c1-7(2)8-5-9(12-13)11(15-4)6-10(8)14-3/h5-7,13H,1-4H3. The van der Waals surface area contributed by atoms with Crippen molar-refractivity contribution in [2.45, 2.75) is 19.8 Å². The van der Waals surface area contributed by atoms with E-state index in [0.29, 0.717) is 17.1 Å². The maximum absolute atomic E-state index is 9.07. The van der Waals surface area contributed by atoms with Gasteiger partial charge in [-0.25, -0.2) is 0 Å².